The average Bonchev–Trinajstić information content (AvgIpc) is 3.92. The number of ether oxygens (including phenoxy) is 1. The molecule has 1 spiro atoms. The number of anilines is 1. The fourth-order valence-corrected chi connectivity index (χ4v) is 8.32. The van der Waals surface area contributed by atoms with Crippen LogP contribution in [0, 0.1) is 29.0 Å². The van der Waals surface area contributed by atoms with Crippen molar-refractivity contribution in [2.45, 2.75) is 57.0 Å². The van der Waals surface area contributed by atoms with Crippen molar-refractivity contribution < 1.29 is 14.2 Å². The van der Waals surface area contributed by atoms with Crippen LogP contribution >= 0.6 is 0 Å². The first-order valence-electron chi connectivity index (χ1n) is 16.5. The molecule has 1 aromatic heterocycles. The molecule has 5 fully saturated rings. The zero-order chi connectivity index (χ0) is 30.3. The van der Waals surface area contributed by atoms with Gasteiger partial charge < -0.3 is 25.0 Å². The van der Waals surface area contributed by atoms with Crippen molar-refractivity contribution in [1.82, 2.24) is 20.2 Å². The highest BCUT2D eigenvalue weighted by molar-refractivity contribution is 6.04. The summed E-state index contributed by atoms with van der Waals surface area (Å²) in [4.78, 5) is 14.6. The Hall–Kier alpha value is -3.93. The van der Waals surface area contributed by atoms with Gasteiger partial charge in [0.2, 0.25) is 0 Å². The van der Waals surface area contributed by atoms with Gasteiger partial charge in [-0.05, 0) is 92.1 Å². The number of nitrogens with zero attached hydrogens (tertiary/aromatic N) is 4. The van der Waals surface area contributed by atoms with Gasteiger partial charge in [-0.1, -0.05) is 24.1 Å². The van der Waals surface area contributed by atoms with Gasteiger partial charge in [0.25, 0.3) is 0 Å². The Kier molecular flexibility index (Phi) is 6.11. The number of aromatic nitrogens is 2. The van der Waals surface area contributed by atoms with Gasteiger partial charge in [0.1, 0.15) is 17.1 Å². The van der Waals surface area contributed by atoms with Gasteiger partial charge in [-0.25, -0.2) is 4.39 Å². The number of halogens is 1. The molecule has 2 aliphatic carbocycles. The van der Waals surface area contributed by atoms with E-state index in [9.17, 15) is 5.11 Å². The smallest absolute Gasteiger partial charge is 0.319 e. The molecule has 0 radical (unpaired) electrons. The van der Waals surface area contributed by atoms with Crippen LogP contribution in [-0.4, -0.2) is 71.4 Å². The lowest BCUT2D eigenvalue weighted by Gasteiger charge is -2.34. The van der Waals surface area contributed by atoms with Crippen LogP contribution in [0.25, 0.3) is 32.8 Å². The van der Waals surface area contributed by atoms with Crippen LogP contribution in [0.4, 0.5) is 10.2 Å². The summed E-state index contributed by atoms with van der Waals surface area (Å²) in [5.41, 5.74) is 2.48. The minimum absolute atomic E-state index is 0.0511. The predicted octanol–water partition coefficient (Wildman–Crippen LogP) is 5.86. The lowest BCUT2D eigenvalue weighted by atomic mass is 9.93. The molecule has 3 saturated heterocycles. The third-order valence-electron chi connectivity index (χ3n) is 11.2. The van der Waals surface area contributed by atoms with Crippen molar-refractivity contribution in [2.75, 3.05) is 44.2 Å². The van der Waals surface area contributed by atoms with E-state index in [4.69, 9.17) is 21.1 Å². The van der Waals surface area contributed by atoms with Crippen molar-refractivity contribution in [2.24, 2.45) is 10.8 Å². The number of nitrogens with one attached hydrogen (secondary N) is 1. The van der Waals surface area contributed by atoms with Gasteiger partial charge >= 0.3 is 6.01 Å². The SMILES string of the molecule is C#Cc1cccc2cc(O)cc(-c3ccc4c(N5CC6CCC(C5)N6)nc(OCC5(CN6CCC7(CC7)C6)CC5)nc4c3F)c12. The topological polar surface area (TPSA) is 73.8 Å². The van der Waals surface area contributed by atoms with Crippen molar-refractivity contribution in [3.05, 3.63) is 53.8 Å². The number of piperazine rings is 1. The molecule has 2 saturated carbocycles. The molecule has 4 heterocycles. The summed E-state index contributed by atoms with van der Waals surface area (Å²) in [5.74, 6) is 3.05. The number of likely N-dealkylation sites (tertiary alicyclic amines) is 1. The van der Waals surface area contributed by atoms with E-state index in [2.05, 4.69) is 21.0 Å². The van der Waals surface area contributed by atoms with E-state index in [0.29, 0.717) is 46.2 Å². The van der Waals surface area contributed by atoms with Crippen LogP contribution in [-0.2, 0) is 0 Å². The molecule has 2 N–H and O–H groups in total. The standard InChI is InChI=1S/C37H38FN5O2/c1-2-23-4-3-5-24-16-27(44)17-30(31(23)24)28-8-9-29-33(32(28)38)40-35(41-34(29)43-18-25-6-7-26(19-43)39-25)45-22-37(12-13-37)21-42-15-14-36(20-42)10-11-36/h1,3-5,8-9,16-17,25-26,39,44H,6-7,10-15,18-22H2. The minimum atomic E-state index is -0.467. The highest BCUT2D eigenvalue weighted by Crippen LogP contribution is 2.55. The number of benzene rings is 3. The normalized spacial score (nSPS) is 24.4. The first kappa shape index (κ1) is 27.4. The molecule has 5 aliphatic rings. The van der Waals surface area contributed by atoms with Gasteiger partial charge in [-0.2, -0.15) is 9.97 Å². The van der Waals surface area contributed by atoms with Crippen LogP contribution in [0.15, 0.2) is 42.5 Å². The predicted molar refractivity (Wildman–Crippen MR) is 174 cm³/mol. The number of hydrogen-bond acceptors (Lipinski definition) is 7. The third-order valence-corrected chi connectivity index (χ3v) is 11.2. The van der Waals surface area contributed by atoms with E-state index in [-0.39, 0.29) is 22.7 Å². The molecule has 7 nitrogen and oxygen atoms in total. The number of fused-ring (bicyclic) bond motifs is 4. The Balaban J connectivity index is 1.11. The Morgan fingerprint density at radius 1 is 1.02 bits per heavy atom. The largest absolute Gasteiger partial charge is 0.508 e. The molecule has 3 aromatic carbocycles. The Bertz CT molecular complexity index is 1880. The van der Waals surface area contributed by atoms with Gasteiger partial charge in [0.05, 0.1) is 6.61 Å². The maximum absolute atomic E-state index is 16.9. The summed E-state index contributed by atoms with van der Waals surface area (Å²) in [7, 11) is 0. The van der Waals surface area contributed by atoms with E-state index in [1.54, 1.807) is 18.2 Å². The van der Waals surface area contributed by atoms with Crippen molar-refractivity contribution in [3.63, 3.8) is 0 Å². The summed E-state index contributed by atoms with van der Waals surface area (Å²) < 4.78 is 23.3. The van der Waals surface area contributed by atoms with E-state index < -0.39 is 5.82 Å². The maximum atomic E-state index is 16.9. The molecular formula is C37H38FN5O2. The molecule has 9 rings (SSSR count). The molecule has 3 aliphatic heterocycles. The van der Waals surface area contributed by atoms with Crippen LogP contribution in [0.2, 0.25) is 0 Å². The first-order chi connectivity index (χ1) is 21.9. The number of rotatable bonds is 7. The van der Waals surface area contributed by atoms with Gasteiger partial charge in [-0.15, -0.1) is 6.42 Å². The summed E-state index contributed by atoms with van der Waals surface area (Å²) >= 11 is 0. The monoisotopic (exact) mass is 603 g/mol. The van der Waals surface area contributed by atoms with Gasteiger partial charge in [0.15, 0.2) is 5.82 Å². The summed E-state index contributed by atoms with van der Waals surface area (Å²) in [6.07, 6.45) is 14.5. The first-order valence-corrected chi connectivity index (χ1v) is 16.5. The lowest BCUT2D eigenvalue weighted by Crippen LogP contribution is -2.51. The Morgan fingerprint density at radius 3 is 2.58 bits per heavy atom. The second-order valence-electron chi connectivity index (χ2n) is 14.5. The van der Waals surface area contributed by atoms with Gasteiger partial charge in [0, 0.05) is 65.6 Å². The molecule has 2 bridgehead atoms. The fourth-order valence-electron chi connectivity index (χ4n) is 8.32. The fraction of sp³-hybridized carbons (Fsp3) is 0.459. The second kappa shape index (κ2) is 10.0. The van der Waals surface area contributed by atoms with Gasteiger partial charge in [-0.3, -0.25) is 0 Å². The Morgan fingerprint density at radius 2 is 1.84 bits per heavy atom. The molecule has 45 heavy (non-hydrogen) atoms. The van der Waals surface area contributed by atoms with Crippen LogP contribution < -0.4 is 15.0 Å². The maximum Gasteiger partial charge on any atom is 0.319 e. The lowest BCUT2D eigenvalue weighted by molar-refractivity contribution is 0.167. The molecular weight excluding hydrogens is 565 g/mol. The van der Waals surface area contributed by atoms with Crippen molar-refractivity contribution in [3.8, 4) is 35.2 Å². The van der Waals surface area contributed by atoms with Crippen LogP contribution in [0.5, 0.6) is 11.8 Å². The van der Waals surface area contributed by atoms with E-state index in [1.807, 2.05) is 24.3 Å². The molecule has 4 aromatic rings. The molecule has 8 heteroatoms. The third kappa shape index (κ3) is 4.79. The quantitative estimate of drug-likeness (QED) is 0.256. The second-order valence-corrected chi connectivity index (χ2v) is 14.5. The highest BCUT2D eigenvalue weighted by Gasteiger charge is 2.51. The number of aromatic hydroxyl groups is 1. The van der Waals surface area contributed by atoms with Crippen molar-refractivity contribution >= 4 is 27.5 Å². The zero-order valence-corrected chi connectivity index (χ0v) is 25.5. The zero-order valence-electron chi connectivity index (χ0n) is 25.5. The summed E-state index contributed by atoms with van der Waals surface area (Å²) in [6, 6.07) is 13.5. The summed E-state index contributed by atoms with van der Waals surface area (Å²) in [6.45, 7) is 5.62. The van der Waals surface area contributed by atoms with E-state index in [0.717, 1.165) is 61.9 Å². The van der Waals surface area contributed by atoms with Crippen LogP contribution in [0.1, 0.15) is 50.5 Å². The number of terminal acetylenes is 1. The van der Waals surface area contributed by atoms with Crippen molar-refractivity contribution in [1.29, 1.82) is 0 Å². The van der Waals surface area contributed by atoms with E-state index >= 15 is 4.39 Å². The molecule has 2 unspecified atom stereocenters. The average molecular weight is 604 g/mol. The number of phenolic OH excluding ortho intramolecular Hbond substituents is 1. The highest BCUT2D eigenvalue weighted by atomic mass is 19.1. The number of phenols is 1. The minimum Gasteiger partial charge on any atom is -0.508 e. The molecule has 0 amide bonds. The van der Waals surface area contributed by atoms with Crippen LogP contribution in [0.3, 0.4) is 0 Å². The molecule has 230 valence electrons. The van der Waals surface area contributed by atoms with E-state index in [1.165, 1.54) is 32.4 Å². The molecule has 2 atom stereocenters. The number of hydrogen-bond donors (Lipinski definition) is 2. The Labute approximate surface area is 262 Å². The summed E-state index contributed by atoms with van der Waals surface area (Å²) in [5, 5.41) is 16.4.